The molecule has 2 rings (SSSR count). The van der Waals surface area contributed by atoms with E-state index in [1.165, 1.54) is 0 Å². The summed E-state index contributed by atoms with van der Waals surface area (Å²) in [4.78, 5) is 27.9. The lowest BCUT2D eigenvalue weighted by atomic mass is 10.1. The molecule has 1 aromatic rings. The maximum Gasteiger partial charge on any atom is 0.352 e. The third kappa shape index (κ3) is 2.35. The quantitative estimate of drug-likeness (QED) is 0.861. The third-order valence-electron chi connectivity index (χ3n) is 3.64. The summed E-state index contributed by atoms with van der Waals surface area (Å²) in [5.74, 6) is -1.21. The van der Waals surface area contributed by atoms with Crippen LogP contribution >= 0.6 is 0 Å². The van der Waals surface area contributed by atoms with E-state index < -0.39 is 5.97 Å². The summed E-state index contributed by atoms with van der Waals surface area (Å²) in [6.07, 6.45) is 0.816. The number of hydrogen-bond acceptors (Lipinski definition) is 3. The van der Waals surface area contributed by atoms with Gasteiger partial charge in [0.05, 0.1) is 18.2 Å². The van der Waals surface area contributed by atoms with Crippen LogP contribution in [0.3, 0.4) is 0 Å². The van der Waals surface area contributed by atoms with Crippen molar-refractivity contribution in [2.24, 2.45) is 0 Å². The van der Waals surface area contributed by atoms with Gasteiger partial charge in [-0.25, -0.2) is 4.79 Å². The number of nitrogens with one attached hydrogen (secondary N) is 1. The van der Waals surface area contributed by atoms with Gasteiger partial charge in [0.1, 0.15) is 5.69 Å². The molecule has 2 N–H and O–H groups in total. The fourth-order valence-electron chi connectivity index (χ4n) is 2.45. The molecule has 1 fully saturated rings. The minimum absolute atomic E-state index is 0.0643. The number of aromatic amines is 1. The van der Waals surface area contributed by atoms with E-state index in [1.807, 2.05) is 0 Å². The molecule has 0 spiro atoms. The van der Waals surface area contributed by atoms with Gasteiger partial charge in [-0.2, -0.15) is 0 Å². The van der Waals surface area contributed by atoms with Crippen LogP contribution in [0.5, 0.6) is 0 Å². The largest absolute Gasteiger partial charge is 0.477 e. The lowest BCUT2D eigenvalue weighted by Gasteiger charge is -2.23. The van der Waals surface area contributed by atoms with E-state index in [4.69, 9.17) is 9.84 Å². The van der Waals surface area contributed by atoms with Crippen LogP contribution in [0.25, 0.3) is 0 Å². The molecular weight excluding hydrogens is 248 g/mol. The predicted molar refractivity (Wildman–Crippen MR) is 68.5 cm³/mol. The smallest absolute Gasteiger partial charge is 0.352 e. The number of nitrogens with zero attached hydrogens (tertiary/aromatic N) is 1. The van der Waals surface area contributed by atoms with Crippen molar-refractivity contribution in [3.63, 3.8) is 0 Å². The fraction of sp³-hybridized carbons (Fsp3) is 0.538. The molecule has 6 heteroatoms. The first-order chi connectivity index (χ1) is 8.93. The van der Waals surface area contributed by atoms with Gasteiger partial charge < -0.3 is 19.7 Å². The van der Waals surface area contributed by atoms with Gasteiger partial charge >= 0.3 is 5.97 Å². The molecule has 1 aliphatic rings. The maximum atomic E-state index is 12.5. The van der Waals surface area contributed by atoms with Crippen LogP contribution < -0.4 is 0 Å². The minimum atomic E-state index is -1.05. The summed E-state index contributed by atoms with van der Waals surface area (Å²) in [5, 5.41) is 9.06. The number of carbonyl (C=O) groups excluding carboxylic acids is 1. The Morgan fingerprint density at radius 1 is 1.42 bits per heavy atom. The summed E-state index contributed by atoms with van der Waals surface area (Å²) in [6, 6.07) is 0.0643. The van der Waals surface area contributed by atoms with Crippen molar-refractivity contribution in [3.05, 3.63) is 22.5 Å². The zero-order chi connectivity index (χ0) is 14.2. The van der Waals surface area contributed by atoms with Gasteiger partial charge in [-0.15, -0.1) is 0 Å². The first kappa shape index (κ1) is 13.6. The lowest BCUT2D eigenvalue weighted by Crippen LogP contribution is -2.37. The highest BCUT2D eigenvalue weighted by molar-refractivity contribution is 6.00. The molecule has 104 valence electrons. The highest BCUT2D eigenvalue weighted by Gasteiger charge is 2.29. The topological polar surface area (TPSA) is 82.6 Å². The van der Waals surface area contributed by atoms with Gasteiger partial charge in [0.15, 0.2) is 0 Å². The molecule has 0 saturated carbocycles. The molecule has 2 heterocycles. The van der Waals surface area contributed by atoms with Gasteiger partial charge in [0.2, 0.25) is 0 Å². The highest BCUT2D eigenvalue weighted by atomic mass is 16.5. The number of aromatic nitrogens is 1. The molecule has 1 saturated heterocycles. The van der Waals surface area contributed by atoms with Crippen LogP contribution in [0.4, 0.5) is 0 Å². The van der Waals surface area contributed by atoms with Crippen molar-refractivity contribution in [3.8, 4) is 0 Å². The summed E-state index contributed by atoms with van der Waals surface area (Å²) in [7, 11) is 1.73. The van der Waals surface area contributed by atoms with Gasteiger partial charge in [0.25, 0.3) is 5.91 Å². The number of carboxylic acid groups (broad SMARTS) is 1. The molecule has 1 aliphatic heterocycles. The Kier molecular flexibility index (Phi) is 3.61. The number of aromatic carboxylic acids is 1. The molecule has 0 bridgehead atoms. The number of carboxylic acids is 1. The van der Waals surface area contributed by atoms with Crippen LogP contribution in [0, 0.1) is 13.8 Å². The van der Waals surface area contributed by atoms with Crippen molar-refractivity contribution in [2.75, 3.05) is 20.3 Å². The number of aryl methyl sites for hydroxylation is 1. The summed E-state index contributed by atoms with van der Waals surface area (Å²) in [5.41, 5.74) is 1.61. The predicted octanol–water partition coefficient (Wildman–Crippen LogP) is 1.19. The molecule has 1 unspecified atom stereocenters. The van der Waals surface area contributed by atoms with Crippen molar-refractivity contribution < 1.29 is 19.4 Å². The Morgan fingerprint density at radius 2 is 2.11 bits per heavy atom. The van der Waals surface area contributed by atoms with E-state index in [0.29, 0.717) is 30.0 Å². The monoisotopic (exact) mass is 266 g/mol. The molecular formula is C13H18N2O4. The van der Waals surface area contributed by atoms with Crippen LogP contribution in [0.2, 0.25) is 0 Å². The Bertz CT molecular complexity index is 515. The van der Waals surface area contributed by atoms with E-state index in [1.54, 1.807) is 25.8 Å². The first-order valence-electron chi connectivity index (χ1n) is 6.20. The molecule has 0 radical (unpaired) electrons. The SMILES string of the molecule is Cc1[nH]c(C(=O)O)c(C)c1C(=O)N(C)C1CCOC1. The molecule has 1 amide bonds. The average molecular weight is 266 g/mol. The average Bonchev–Trinajstić information content (AvgIpc) is 2.96. The Hall–Kier alpha value is -1.82. The second-order valence-corrected chi connectivity index (χ2v) is 4.86. The van der Waals surface area contributed by atoms with Gasteiger partial charge in [0, 0.05) is 19.3 Å². The molecule has 1 aromatic heterocycles. The molecule has 6 nitrogen and oxygen atoms in total. The summed E-state index contributed by atoms with van der Waals surface area (Å²) >= 11 is 0. The zero-order valence-electron chi connectivity index (χ0n) is 11.3. The number of rotatable bonds is 3. The Balaban J connectivity index is 2.30. The van der Waals surface area contributed by atoms with Gasteiger partial charge in [-0.05, 0) is 25.8 Å². The van der Waals surface area contributed by atoms with Crippen molar-refractivity contribution in [2.45, 2.75) is 26.3 Å². The lowest BCUT2D eigenvalue weighted by molar-refractivity contribution is 0.0690. The van der Waals surface area contributed by atoms with E-state index >= 15 is 0 Å². The Morgan fingerprint density at radius 3 is 2.58 bits per heavy atom. The summed E-state index contributed by atoms with van der Waals surface area (Å²) < 4.78 is 5.27. The fourth-order valence-corrected chi connectivity index (χ4v) is 2.45. The van der Waals surface area contributed by atoms with E-state index in [2.05, 4.69) is 4.98 Å². The Labute approximate surface area is 111 Å². The number of likely N-dealkylation sites (N-methyl/N-ethyl adjacent to an activating group) is 1. The summed E-state index contributed by atoms with van der Waals surface area (Å²) in [6.45, 7) is 4.56. The molecule has 0 aliphatic carbocycles. The van der Waals surface area contributed by atoms with Crippen molar-refractivity contribution in [1.29, 1.82) is 0 Å². The zero-order valence-corrected chi connectivity index (χ0v) is 11.3. The van der Waals surface area contributed by atoms with Gasteiger partial charge in [-0.3, -0.25) is 4.79 Å². The first-order valence-corrected chi connectivity index (χ1v) is 6.20. The standard InChI is InChI=1S/C13H18N2O4/c1-7-10(8(2)14-11(7)13(17)18)12(16)15(3)9-4-5-19-6-9/h9,14H,4-6H2,1-3H3,(H,17,18). The number of H-pyrrole nitrogens is 1. The number of ether oxygens (including phenoxy) is 1. The van der Waals surface area contributed by atoms with Crippen LogP contribution in [-0.4, -0.2) is 53.2 Å². The van der Waals surface area contributed by atoms with Gasteiger partial charge in [-0.1, -0.05) is 0 Å². The molecule has 0 aromatic carbocycles. The van der Waals surface area contributed by atoms with Crippen molar-refractivity contribution in [1.82, 2.24) is 9.88 Å². The maximum absolute atomic E-state index is 12.5. The second kappa shape index (κ2) is 5.05. The van der Waals surface area contributed by atoms with Crippen LogP contribution in [-0.2, 0) is 4.74 Å². The molecule has 19 heavy (non-hydrogen) atoms. The van der Waals surface area contributed by atoms with E-state index in [0.717, 1.165) is 6.42 Å². The van der Waals surface area contributed by atoms with E-state index in [-0.39, 0.29) is 17.6 Å². The molecule has 1 atom stereocenters. The third-order valence-corrected chi connectivity index (χ3v) is 3.64. The normalized spacial score (nSPS) is 18.6. The van der Waals surface area contributed by atoms with Crippen LogP contribution in [0.1, 0.15) is 38.5 Å². The second-order valence-electron chi connectivity index (χ2n) is 4.86. The number of hydrogen-bond donors (Lipinski definition) is 2. The minimum Gasteiger partial charge on any atom is -0.477 e. The number of carbonyl (C=O) groups is 2. The van der Waals surface area contributed by atoms with E-state index in [9.17, 15) is 9.59 Å². The van der Waals surface area contributed by atoms with Crippen molar-refractivity contribution >= 4 is 11.9 Å². The van der Waals surface area contributed by atoms with Crippen LogP contribution in [0.15, 0.2) is 0 Å². The number of amides is 1. The highest BCUT2D eigenvalue weighted by Crippen LogP contribution is 2.22.